The lowest BCUT2D eigenvalue weighted by Gasteiger charge is -2.36. The van der Waals surface area contributed by atoms with E-state index >= 15 is 0 Å². The topological polar surface area (TPSA) is 70.9 Å². The van der Waals surface area contributed by atoms with Gasteiger partial charge in [-0.15, -0.1) is 0 Å². The van der Waals surface area contributed by atoms with Crippen LogP contribution in [0.25, 0.3) is 11.5 Å². The molecule has 2 aliphatic heterocycles. The molecule has 5 heterocycles. The number of pyridine rings is 1. The zero-order valence-electron chi connectivity index (χ0n) is 15.5. The highest BCUT2D eigenvalue weighted by molar-refractivity contribution is 6.99. The quantitative estimate of drug-likeness (QED) is 0.628. The second kappa shape index (κ2) is 7.05. The van der Waals surface area contributed by atoms with Crippen LogP contribution in [0.4, 0.5) is 15.9 Å². The molecule has 3 aromatic rings. The lowest BCUT2D eigenvalue weighted by molar-refractivity contribution is 0.573. The van der Waals surface area contributed by atoms with Gasteiger partial charge in [0.2, 0.25) is 5.95 Å². The second-order valence-corrected chi connectivity index (χ2v) is 7.76. The predicted octanol–water partition coefficient (Wildman–Crippen LogP) is 3.25. The zero-order chi connectivity index (χ0) is 19.1. The number of hydrogen-bond donors (Lipinski definition) is 0. The van der Waals surface area contributed by atoms with Gasteiger partial charge in [-0.2, -0.15) is 13.1 Å². The van der Waals surface area contributed by atoms with E-state index in [0.29, 0.717) is 11.5 Å². The molecule has 9 heteroatoms. The van der Waals surface area contributed by atoms with Crippen molar-refractivity contribution < 1.29 is 4.39 Å². The predicted molar refractivity (Wildman–Crippen MR) is 106 cm³/mol. The van der Waals surface area contributed by atoms with Gasteiger partial charge in [-0.25, -0.2) is 15.0 Å². The number of nitrogens with zero attached hydrogens (tertiary/aromatic N) is 7. The third-order valence-electron chi connectivity index (χ3n) is 5.52. The number of halogens is 1. The highest BCUT2D eigenvalue weighted by Crippen LogP contribution is 2.35. The van der Waals surface area contributed by atoms with E-state index in [1.165, 1.54) is 6.07 Å². The lowest BCUT2D eigenvalue weighted by Crippen LogP contribution is -2.35. The maximum atomic E-state index is 14.3. The van der Waals surface area contributed by atoms with Crippen LogP contribution in [0.1, 0.15) is 37.1 Å². The molecule has 1 saturated heterocycles. The number of rotatable bonds is 3. The van der Waals surface area contributed by atoms with Crippen LogP contribution in [0.3, 0.4) is 0 Å². The van der Waals surface area contributed by atoms with Crippen LogP contribution in [-0.4, -0.2) is 43.3 Å². The minimum atomic E-state index is -0.431. The first-order valence-electron chi connectivity index (χ1n) is 9.52. The van der Waals surface area contributed by atoms with Crippen molar-refractivity contribution in [3.05, 3.63) is 41.7 Å². The summed E-state index contributed by atoms with van der Waals surface area (Å²) in [6, 6.07) is 3.59. The van der Waals surface area contributed by atoms with Gasteiger partial charge < -0.3 is 9.80 Å². The van der Waals surface area contributed by atoms with Crippen LogP contribution in [0.15, 0.2) is 24.5 Å². The minimum absolute atomic E-state index is 0.0552. The summed E-state index contributed by atoms with van der Waals surface area (Å²) in [6.45, 7) is 4.76. The average Bonchev–Trinajstić information content (AvgIpc) is 3.41. The van der Waals surface area contributed by atoms with Crippen molar-refractivity contribution in [1.29, 1.82) is 0 Å². The van der Waals surface area contributed by atoms with E-state index in [2.05, 4.69) is 35.4 Å². The fourth-order valence-electron chi connectivity index (χ4n) is 4.05. The van der Waals surface area contributed by atoms with Crippen LogP contribution in [0, 0.1) is 5.95 Å². The monoisotopic (exact) mass is 397 g/mol. The Hall–Kier alpha value is -2.68. The highest BCUT2D eigenvalue weighted by atomic mass is 32.1. The van der Waals surface area contributed by atoms with Gasteiger partial charge in [0.15, 0.2) is 5.82 Å². The number of hydrogen-bond acceptors (Lipinski definition) is 8. The third kappa shape index (κ3) is 3.09. The standard InChI is InChI=1S/C19H20FN7S/c1-12-14-10-21-19(16-11-22-28-25-16)23-15(14)4-7-27(12)13-8-17(20)24-18(9-13)26-5-2-3-6-26/h8-12H,2-7H2,1H3. The molecule has 0 aromatic carbocycles. The summed E-state index contributed by atoms with van der Waals surface area (Å²) >= 11 is 1.15. The van der Waals surface area contributed by atoms with Crippen molar-refractivity contribution in [2.45, 2.75) is 32.2 Å². The molecule has 28 heavy (non-hydrogen) atoms. The van der Waals surface area contributed by atoms with E-state index in [9.17, 15) is 4.39 Å². The van der Waals surface area contributed by atoms with Gasteiger partial charge >= 0.3 is 0 Å². The van der Waals surface area contributed by atoms with E-state index in [0.717, 1.165) is 73.4 Å². The van der Waals surface area contributed by atoms with Crippen molar-refractivity contribution in [1.82, 2.24) is 23.7 Å². The molecule has 7 nitrogen and oxygen atoms in total. The Kier molecular flexibility index (Phi) is 4.38. The summed E-state index contributed by atoms with van der Waals surface area (Å²) in [6.07, 6.45) is 6.59. The van der Waals surface area contributed by atoms with Crippen molar-refractivity contribution >= 4 is 23.2 Å². The molecule has 5 rings (SSSR count). The minimum Gasteiger partial charge on any atom is -0.364 e. The molecule has 0 saturated carbocycles. The van der Waals surface area contributed by atoms with Gasteiger partial charge in [-0.3, -0.25) is 0 Å². The Morgan fingerprint density at radius 3 is 2.75 bits per heavy atom. The summed E-state index contributed by atoms with van der Waals surface area (Å²) in [5.41, 5.74) is 3.66. The Balaban J connectivity index is 1.45. The molecule has 0 N–H and O–H groups in total. The van der Waals surface area contributed by atoms with E-state index in [1.807, 2.05) is 12.3 Å². The number of aromatic nitrogens is 5. The first-order valence-corrected chi connectivity index (χ1v) is 10.2. The van der Waals surface area contributed by atoms with Crippen molar-refractivity contribution in [2.24, 2.45) is 0 Å². The van der Waals surface area contributed by atoms with Crippen LogP contribution in [-0.2, 0) is 6.42 Å². The first kappa shape index (κ1) is 17.4. The number of fused-ring (bicyclic) bond motifs is 1. The molecule has 0 radical (unpaired) electrons. The largest absolute Gasteiger partial charge is 0.364 e. The molecular formula is C19H20FN7S. The molecule has 0 amide bonds. The van der Waals surface area contributed by atoms with Gasteiger partial charge in [-0.1, -0.05) is 0 Å². The molecule has 0 aliphatic carbocycles. The Bertz CT molecular complexity index is 988. The molecule has 1 fully saturated rings. The van der Waals surface area contributed by atoms with Crippen LogP contribution in [0.2, 0.25) is 0 Å². The van der Waals surface area contributed by atoms with Gasteiger partial charge in [0, 0.05) is 55.6 Å². The zero-order valence-corrected chi connectivity index (χ0v) is 16.4. The Morgan fingerprint density at radius 1 is 1.11 bits per heavy atom. The van der Waals surface area contributed by atoms with Gasteiger partial charge in [0.25, 0.3) is 0 Å². The fourth-order valence-corrected chi connectivity index (χ4v) is 4.46. The summed E-state index contributed by atoms with van der Waals surface area (Å²) < 4.78 is 22.5. The lowest BCUT2D eigenvalue weighted by atomic mass is 9.99. The van der Waals surface area contributed by atoms with E-state index in [4.69, 9.17) is 4.98 Å². The van der Waals surface area contributed by atoms with Gasteiger partial charge in [-0.05, 0) is 19.8 Å². The molecule has 3 aromatic heterocycles. The third-order valence-corrected chi connectivity index (χ3v) is 6.00. The summed E-state index contributed by atoms with van der Waals surface area (Å²) in [7, 11) is 0. The molecule has 1 unspecified atom stereocenters. The van der Waals surface area contributed by atoms with Crippen molar-refractivity contribution in [2.75, 3.05) is 29.4 Å². The Morgan fingerprint density at radius 2 is 1.96 bits per heavy atom. The smallest absolute Gasteiger partial charge is 0.216 e. The maximum absolute atomic E-state index is 14.3. The first-order chi connectivity index (χ1) is 13.7. The normalized spacial score (nSPS) is 19.1. The van der Waals surface area contributed by atoms with E-state index < -0.39 is 5.95 Å². The van der Waals surface area contributed by atoms with Gasteiger partial charge in [0.1, 0.15) is 11.5 Å². The average molecular weight is 397 g/mol. The summed E-state index contributed by atoms with van der Waals surface area (Å²) in [5, 5.41) is 0. The number of anilines is 2. The molecule has 144 valence electrons. The second-order valence-electron chi connectivity index (χ2n) is 7.21. The van der Waals surface area contributed by atoms with Crippen molar-refractivity contribution in [3.8, 4) is 11.5 Å². The summed E-state index contributed by atoms with van der Waals surface area (Å²) in [4.78, 5) is 17.7. The molecule has 1 atom stereocenters. The maximum Gasteiger partial charge on any atom is 0.216 e. The molecule has 0 bridgehead atoms. The van der Waals surface area contributed by atoms with Gasteiger partial charge in [0.05, 0.1) is 29.7 Å². The SMILES string of the molecule is CC1c2cnc(-c3cnsn3)nc2CCN1c1cc(F)nc(N2CCCC2)c1. The van der Waals surface area contributed by atoms with E-state index in [-0.39, 0.29) is 6.04 Å². The van der Waals surface area contributed by atoms with E-state index in [1.54, 1.807) is 6.20 Å². The molecular weight excluding hydrogens is 377 g/mol. The van der Waals surface area contributed by atoms with Crippen LogP contribution < -0.4 is 9.80 Å². The van der Waals surface area contributed by atoms with Crippen LogP contribution in [0.5, 0.6) is 0 Å². The molecule has 0 spiro atoms. The van der Waals surface area contributed by atoms with Crippen LogP contribution >= 0.6 is 11.7 Å². The fraction of sp³-hybridized carbons (Fsp3) is 0.421. The Labute approximate surface area is 166 Å². The summed E-state index contributed by atoms with van der Waals surface area (Å²) in [5.74, 6) is 0.910. The van der Waals surface area contributed by atoms with Crippen molar-refractivity contribution in [3.63, 3.8) is 0 Å². The molecule has 2 aliphatic rings. The highest BCUT2D eigenvalue weighted by Gasteiger charge is 2.27.